The fraction of sp³-hybridized carbons (Fsp3) is 0.350. The van der Waals surface area contributed by atoms with Gasteiger partial charge in [0.05, 0.1) is 12.2 Å². The molecule has 4 heteroatoms. The molecule has 2 N–H and O–H groups in total. The summed E-state index contributed by atoms with van der Waals surface area (Å²) in [4.78, 5) is 12.1. The van der Waals surface area contributed by atoms with Gasteiger partial charge in [-0.25, -0.2) is 4.39 Å². The molecule has 24 heavy (non-hydrogen) atoms. The Labute approximate surface area is 143 Å². The van der Waals surface area contributed by atoms with Crippen molar-refractivity contribution in [1.29, 1.82) is 0 Å². The third-order valence-corrected chi connectivity index (χ3v) is 4.04. The Morgan fingerprint density at radius 1 is 1.08 bits per heavy atom. The maximum Gasteiger partial charge on any atom is 0.238 e. The van der Waals surface area contributed by atoms with Gasteiger partial charge in [-0.3, -0.25) is 4.79 Å². The summed E-state index contributed by atoms with van der Waals surface area (Å²) in [5.41, 5.74) is 2.65. The number of halogens is 1. The van der Waals surface area contributed by atoms with Gasteiger partial charge in [-0.05, 0) is 35.6 Å². The topological polar surface area (TPSA) is 41.1 Å². The van der Waals surface area contributed by atoms with E-state index >= 15 is 0 Å². The van der Waals surface area contributed by atoms with Crippen molar-refractivity contribution in [3.05, 3.63) is 65.5 Å². The smallest absolute Gasteiger partial charge is 0.238 e. The SMILES string of the molecule is CCc1ccc([C@@H](NCC(=O)Nc2ccccc2F)C(C)C)cc1. The Kier molecular flexibility index (Phi) is 6.50. The molecule has 0 bridgehead atoms. The van der Waals surface area contributed by atoms with Gasteiger partial charge < -0.3 is 10.6 Å². The van der Waals surface area contributed by atoms with Crippen LogP contribution in [-0.2, 0) is 11.2 Å². The fourth-order valence-electron chi connectivity index (χ4n) is 2.66. The van der Waals surface area contributed by atoms with Crippen LogP contribution in [-0.4, -0.2) is 12.5 Å². The summed E-state index contributed by atoms with van der Waals surface area (Å²) >= 11 is 0. The first-order chi connectivity index (χ1) is 11.5. The van der Waals surface area contributed by atoms with E-state index in [4.69, 9.17) is 0 Å². The maximum absolute atomic E-state index is 13.6. The van der Waals surface area contributed by atoms with Gasteiger partial charge in [-0.2, -0.15) is 0 Å². The Balaban J connectivity index is 1.98. The summed E-state index contributed by atoms with van der Waals surface area (Å²) in [7, 11) is 0. The number of aryl methyl sites for hydroxylation is 1. The molecule has 0 spiro atoms. The van der Waals surface area contributed by atoms with Gasteiger partial charge in [0, 0.05) is 6.04 Å². The summed E-state index contributed by atoms with van der Waals surface area (Å²) in [6, 6.07) is 14.7. The molecule has 0 saturated carbocycles. The van der Waals surface area contributed by atoms with Crippen molar-refractivity contribution in [2.24, 2.45) is 5.92 Å². The van der Waals surface area contributed by atoms with Crippen LogP contribution in [0, 0.1) is 11.7 Å². The second-order valence-corrected chi connectivity index (χ2v) is 6.23. The molecule has 2 rings (SSSR count). The number of hydrogen-bond acceptors (Lipinski definition) is 2. The minimum atomic E-state index is -0.429. The van der Waals surface area contributed by atoms with Gasteiger partial charge in [0.1, 0.15) is 5.82 Å². The van der Waals surface area contributed by atoms with Crippen LogP contribution in [0.5, 0.6) is 0 Å². The molecule has 128 valence electrons. The molecule has 0 radical (unpaired) electrons. The molecule has 0 saturated heterocycles. The summed E-state index contributed by atoms with van der Waals surface area (Å²) in [5, 5.41) is 5.88. The largest absolute Gasteiger partial charge is 0.322 e. The number of para-hydroxylation sites is 1. The van der Waals surface area contributed by atoms with Crippen LogP contribution in [0.15, 0.2) is 48.5 Å². The number of rotatable bonds is 7. The standard InChI is InChI=1S/C20H25FN2O/c1-4-15-9-11-16(12-10-15)20(14(2)3)22-13-19(24)23-18-8-6-5-7-17(18)21/h5-12,14,20,22H,4,13H2,1-3H3,(H,23,24)/t20-/m0/s1. The zero-order valence-electron chi connectivity index (χ0n) is 14.5. The molecule has 3 nitrogen and oxygen atoms in total. The second kappa shape index (κ2) is 8.60. The van der Waals surface area contributed by atoms with E-state index in [1.165, 1.54) is 11.6 Å². The second-order valence-electron chi connectivity index (χ2n) is 6.23. The minimum absolute atomic E-state index is 0.0716. The minimum Gasteiger partial charge on any atom is -0.322 e. The molecule has 0 aromatic heterocycles. The normalized spacial score (nSPS) is 12.2. The quantitative estimate of drug-likeness (QED) is 0.795. The van der Waals surface area contributed by atoms with Crippen LogP contribution in [0.1, 0.15) is 37.9 Å². The van der Waals surface area contributed by atoms with Crippen LogP contribution < -0.4 is 10.6 Å². The lowest BCUT2D eigenvalue weighted by atomic mass is 9.95. The van der Waals surface area contributed by atoms with Crippen molar-refractivity contribution in [3.63, 3.8) is 0 Å². The van der Waals surface area contributed by atoms with Gasteiger partial charge in [0.25, 0.3) is 0 Å². The highest BCUT2D eigenvalue weighted by Crippen LogP contribution is 2.22. The maximum atomic E-state index is 13.6. The van der Waals surface area contributed by atoms with Crippen molar-refractivity contribution in [2.75, 3.05) is 11.9 Å². The zero-order chi connectivity index (χ0) is 17.5. The highest BCUT2D eigenvalue weighted by atomic mass is 19.1. The van der Waals surface area contributed by atoms with E-state index in [1.807, 2.05) is 0 Å². The predicted molar refractivity (Wildman–Crippen MR) is 96.4 cm³/mol. The molecule has 0 aliphatic rings. The van der Waals surface area contributed by atoms with Crippen LogP contribution in [0.25, 0.3) is 0 Å². The number of benzene rings is 2. The number of carbonyl (C=O) groups is 1. The predicted octanol–water partition coefficient (Wildman–Crippen LogP) is 4.31. The van der Waals surface area contributed by atoms with Gasteiger partial charge in [-0.1, -0.05) is 57.2 Å². The van der Waals surface area contributed by atoms with Gasteiger partial charge in [0.2, 0.25) is 5.91 Å². The van der Waals surface area contributed by atoms with Crippen LogP contribution >= 0.6 is 0 Å². The number of hydrogen-bond donors (Lipinski definition) is 2. The molecule has 1 atom stereocenters. The number of anilines is 1. The Morgan fingerprint density at radius 2 is 1.75 bits per heavy atom. The first-order valence-electron chi connectivity index (χ1n) is 8.37. The third kappa shape index (κ3) is 4.90. The fourth-order valence-corrected chi connectivity index (χ4v) is 2.66. The van der Waals surface area contributed by atoms with Crippen LogP contribution in [0.3, 0.4) is 0 Å². The number of carbonyl (C=O) groups excluding carboxylic acids is 1. The lowest BCUT2D eigenvalue weighted by Gasteiger charge is -2.23. The van der Waals surface area contributed by atoms with E-state index in [9.17, 15) is 9.18 Å². The van der Waals surface area contributed by atoms with Crippen LogP contribution in [0.2, 0.25) is 0 Å². The van der Waals surface area contributed by atoms with Crippen LogP contribution in [0.4, 0.5) is 10.1 Å². The first-order valence-corrected chi connectivity index (χ1v) is 8.37. The van der Waals surface area contributed by atoms with Gasteiger partial charge in [0.15, 0.2) is 0 Å². The highest BCUT2D eigenvalue weighted by Gasteiger charge is 2.17. The van der Waals surface area contributed by atoms with Gasteiger partial charge in [-0.15, -0.1) is 0 Å². The van der Waals surface area contributed by atoms with Crippen molar-refractivity contribution < 1.29 is 9.18 Å². The molecule has 1 amide bonds. The zero-order valence-corrected chi connectivity index (χ0v) is 14.5. The third-order valence-electron chi connectivity index (χ3n) is 4.04. The van der Waals surface area contributed by atoms with Crippen molar-refractivity contribution in [1.82, 2.24) is 5.32 Å². The van der Waals surface area contributed by atoms with E-state index in [-0.39, 0.29) is 24.2 Å². The lowest BCUT2D eigenvalue weighted by Crippen LogP contribution is -2.33. The summed E-state index contributed by atoms with van der Waals surface area (Å²) in [6.07, 6.45) is 1.01. The van der Waals surface area contributed by atoms with E-state index in [0.29, 0.717) is 5.92 Å². The van der Waals surface area contributed by atoms with Crippen molar-refractivity contribution in [3.8, 4) is 0 Å². The number of amides is 1. The molecular weight excluding hydrogens is 303 g/mol. The van der Waals surface area contributed by atoms with E-state index < -0.39 is 5.82 Å². The van der Waals surface area contributed by atoms with Crippen molar-refractivity contribution >= 4 is 11.6 Å². The van der Waals surface area contributed by atoms with E-state index in [0.717, 1.165) is 12.0 Å². The summed E-state index contributed by atoms with van der Waals surface area (Å²) in [6.45, 7) is 6.48. The first kappa shape index (κ1) is 18.1. The van der Waals surface area contributed by atoms with Crippen molar-refractivity contribution in [2.45, 2.75) is 33.2 Å². The molecule has 0 heterocycles. The van der Waals surface area contributed by atoms with E-state index in [1.54, 1.807) is 18.2 Å². The van der Waals surface area contributed by atoms with E-state index in [2.05, 4.69) is 55.7 Å². The molecule has 0 fully saturated rings. The highest BCUT2D eigenvalue weighted by molar-refractivity contribution is 5.92. The molecule has 0 unspecified atom stereocenters. The summed E-state index contributed by atoms with van der Waals surface area (Å²) < 4.78 is 13.6. The molecular formula is C20H25FN2O. The Morgan fingerprint density at radius 3 is 2.33 bits per heavy atom. The molecule has 0 aliphatic carbocycles. The van der Waals surface area contributed by atoms with Gasteiger partial charge >= 0.3 is 0 Å². The Bertz CT molecular complexity index is 668. The monoisotopic (exact) mass is 328 g/mol. The average molecular weight is 328 g/mol. The number of nitrogens with one attached hydrogen (secondary N) is 2. The Hall–Kier alpha value is -2.20. The molecule has 0 aliphatic heterocycles. The summed E-state index contributed by atoms with van der Waals surface area (Å²) in [5.74, 6) is -0.351. The lowest BCUT2D eigenvalue weighted by molar-refractivity contribution is -0.115. The average Bonchev–Trinajstić information content (AvgIpc) is 2.57. The molecule has 2 aromatic carbocycles. The molecule has 2 aromatic rings.